The average Bonchev–Trinajstić information content (AvgIpc) is 2.76. The highest BCUT2D eigenvalue weighted by molar-refractivity contribution is 9.10. The lowest BCUT2D eigenvalue weighted by Crippen LogP contribution is -2.12. The number of anilines is 1. The van der Waals surface area contributed by atoms with E-state index >= 15 is 0 Å². The van der Waals surface area contributed by atoms with E-state index in [1.807, 2.05) is 0 Å². The summed E-state index contributed by atoms with van der Waals surface area (Å²) in [6.45, 7) is -0.441. The molecule has 0 saturated heterocycles. The summed E-state index contributed by atoms with van der Waals surface area (Å²) < 4.78 is 44.6. The maximum Gasteiger partial charge on any atom is 0.266 e. The van der Waals surface area contributed by atoms with Crippen LogP contribution < -0.4 is 4.72 Å². The Morgan fingerprint density at radius 1 is 1.40 bits per heavy atom. The fourth-order valence-electron chi connectivity index (χ4n) is 1.43. The molecule has 9 heteroatoms. The molecule has 0 aliphatic rings. The molecule has 1 heterocycles. The highest BCUT2D eigenvalue weighted by atomic mass is 79.9. The van der Waals surface area contributed by atoms with Crippen molar-refractivity contribution in [1.82, 2.24) is 0 Å². The molecule has 0 aliphatic heterocycles. The summed E-state index contributed by atoms with van der Waals surface area (Å²) in [5, 5.41) is 8.79. The maximum atomic E-state index is 13.3. The van der Waals surface area contributed by atoms with Gasteiger partial charge >= 0.3 is 0 Å². The Balaban J connectivity index is 2.35. The molecule has 0 fully saturated rings. The zero-order valence-electron chi connectivity index (χ0n) is 9.73. The minimum atomic E-state index is -3.97. The summed E-state index contributed by atoms with van der Waals surface area (Å²) >= 11 is 8.45. The molecular formula is C11H8BrClFNO4S. The van der Waals surface area contributed by atoms with Gasteiger partial charge in [0.25, 0.3) is 10.0 Å². The van der Waals surface area contributed by atoms with Crippen molar-refractivity contribution >= 4 is 43.2 Å². The predicted molar refractivity (Wildman–Crippen MR) is 74.5 cm³/mol. The third-order valence-electron chi connectivity index (χ3n) is 2.32. The van der Waals surface area contributed by atoms with Gasteiger partial charge < -0.3 is 9.52 Å². The number of aliphatic hydroxyl groups excluding tert-OH is 1. The highest BCUT2D eigenvalue weighted by Crippen LogP contribution is 2.28. The van der Waals surface area contributed by atoms with Crippen molar-refractivity contribution in [1.29, 1.82) is 0 Å². The number of nitrogens with one attached hydrogen (secondary N) is 1. The molecule has 0 atom stereocenters. The first-order chi connectivity index (χ1) is 9.33. The molecule has 0 aliphatic carbocycles. The normalized spacial score (nSPS) is 11.6. The number of hydrogen-bond donors (Lipinski definition) is 2. The lowest BCUT2D eigenvalue weighted by atomic mass is 10.3. The van der Waals surface area contributed by atoms with Crippen molar-refractivity contribution in [3.05, 3.63) is 45.5 Å². The smallest absolute Gasteiger partial charge is 0.266 e. The van der Waals surface area contributed by atoms with Gasteiger partial charge in [-0.3, -0.25) is 4.72 Å². The molecule has 5 nitrogen and oxygen atoms in total. The SMILES string of the molecule is O=S(=O)(Nc1ccc(Cl)c(F)c1)c1cc(CO)oc1Br. The fraction of sp³-hybridized carbons (Fsp3) is 0.0909. The second-order valence-corrected chi connectivity index (χ2v) is 6.52. The van der Waals surface area contributed by atoms with Gasteiger partial charge in [-0.25, -0.2) is 12.8 Å². The van der Waals surface area contributed by atoms with Gasteiger partial charge in [0.2, 0.25) is 0 Å². The Kier molecular flexibility index (Phi) is 4.38. The quantitative estimate of drug-likeness (QED) is 0.849. The number of furan rings is 1. The van der Waals surface area contributed by atoms with Crippen LogP contribution in [0.5, 0.6) is 0 Å². The van der Waals surface area contributed by atoms with Crippen LogP contribution in [0.1, 0.15) is 5.76 Å². The van der Waals surface area contributed by atoms with Crippen LogP contribution in [0.4, 0.5) is 10.1 Å². The monoisotopic (exact) mass is 383 g/mol. The first kappa shape index (κ1) is 15.3. The second kappa shape index (κ2) is 5.72. The maximum absolute atomic E-state index is 13.3. The average molecular weight is 385 g/mol. The van der Waals surface area contributed by atoms with Crippen LogP contribution in [0.25, 0.3) is 0 Å². The van der Waals surface area contributed by atoms with Crippen molar-refractivity contribution in [3.8, 4) is 0 Å². The van der Waals surface area contributed by atoms with Gasteiger partial charge in [-0.15, -0.1) is 0 Å². The number of hydrogen-bond acceptors (Lipinski definition) is 4. The van der Waals surface area contributed by atoms with Crippen molar-refractivity contribution in [2.75, 3.05) is 4.72 Å². The lowest BCUT2D eigenvalue weighted by Gasteiger charge is -2.07. The summed E-state index contributed by atoms with van der Waals surface area (Å²) in [6, 6.07) is 4.68. The molecule has 0 saturated carbocycles. The summed E-state index contributed by atoms with van der Waals surface area (Å²) in [5.74, 6) is -0.659. The fourth-order valence-corrected chi connectivity index (χ4v) is 3.59. The zero-order valence-corrected chi connectivity index (χ0v) is 12.9. The van der Waals surface area contributed by atoms with Crippen molar-refractivity contribution in [3.63, 3.8) is 0 Å². The van der Waals surface area contributed by atoms with E-state index in [0.717, 1.165) is 6.07 Å². The number of rotatable bonds is 4. The third-order valence-corrected chi connectivity index (χ3v) is 4.87. The van der Waals surface area contributed by atoms with Gasteiger partial charge in [-0.05, 0) is 34.1 Å². The van der Waals surface area contributed by atoms with Crippen LogP contribution in [-0.4, -0.2) is 13.5 Å². The molecule has 0 unspecified atom stereocenters. The molecule has 20 heavy (non-hydrogen) atoms. The molecule has 2 aromatic rings. The molecule has 0 radical (unpaired) electrons. The standard InChI is InChI=1S/C11H8BrClFNO4S/c12-11-10(4-7(5-16)19-11)20(17,18)15-6-1-2-8(13)9(14)3-6/h1-4,15-16H,5H2. The van der Waals surface area contributed by atoms with Gasteiger partial charge in [0, 0.05) is 6.07 Å². The number of aliphatic hydroxyl groups is 1. The van der Waals surface area contributed by atoms with Crippen molar-refractivity contribution in [2.24, 2.45) is 0 Å². The summed E-state index contributed by atoms with van der Waals surface area (Å²) in [5.41, 5.74) is 0.0190. The van der Waals surface area contributed by atoms with Crippen LogP contribution in [0.15, 0.2) is 38.2 Å². The van der Waals surface area contributed by atoms with E-state index in [1.54, 1.807) is 0 Å². The topological polar surface area (TPSA) is 79.5 Å². The first-order valence-corrected chi connectivity index (χ1v) is 7.86. The van der Waals surface area contributed by atoms with Crippen molar-refractivity contribution < 1.29 is 22.3 Å². The van der Waals surface area contributed by atoms with E-state index in [1.165, 1.54) is 18.2 Å². The van der Waals surface area contributed by atoms with Gasteiger partial charge in [0.15, 0.2) is 4.67 Å². The minimum Gasteiger partial charge on any atom is -0.450 e. The van der Waals surface area contributed by atoms with Gasteiger partial charge in [0.05, 0.1) is 10.7 Å². The largest absolute Gasteiger partial charge is 0.450 e. The summed E-state index contributed by atoms with van der Waals surface area (Å²) in [7, 11) is -3.97. The van der Waals surface area contributed by atoms with Crippen molar-refractivity contribution in [2.45, 2.75) is 11.5 Å². The Morgan fingerprint density at radius 2 is 2.10 bits per heavy atom. The Bertz CT molecular complexity index is 747. The first-order valence-electron chi connectivity index (χ1n) is 5.20. The number of halogens is 3. The van der Waals surface area contributed by atoms with Crippen LogP contribution in [0, 0.1) is 5.82 Å². The Labute approximate surface area is 127 Å². The number of sulfonamides is 1. The molecule has 2 N–H and O–H groups in total. The van der Waals surface area contributed by atoms with Gasteiger partial charge in [0.1, 0.15) is 23.1 Å². The van der Waals surface area contributed by atoms with E-state index < -0.39 is 22.4 Å². The summed E-state index contributed by atoms with van der Waals surface area (Å²) in [4.78, 5) is -0.197. The predicted octanol–water partition coefficient (Wildman–Crippen LogP) is 3.13. The molecule has 0 bridgehead atoms. The van der Waals surface area contributed by atoms with Crippen LogP contribution in [-0.2, 0) is 16.6 Å². The van der Waals surface area contributed by atoms with Crippen LogP contribution >= 0.6 is 27.5 Å². The minimum absolute atomic E-state index is 0.0190. The molecule has 0 amide bonds. The van der Waals surface area contributed by atoms with E-state index in [-0.39, 0.29) is 26.0 Å². The van der Waals surface area contributed by atoms with E-state index in [4.69, 9.17) is 21.1 Å². The number of benzene rings is 1. The molecule has 0 spiro atoms. The summed E-state index contributed by atoms with van der Waals surface area (Å²) in [6.07, 6.45) is 0. The Morgan fingerprint density at radius 3 is 2.65 bits per heavy atom. The molecule has 2 rings (SSSR count). The van der Waals surface area contributed by atoms with E-state index in [2.05, 4.69) is 20.7 Å². The van der Waals surface area contributed by atoms with Crippen LogP contribution in [0.3, 0.4) is 0 Å². The molecule has 1 aromatic heterocycles. The molecule has 1 aromatic carbocycles. The highest BCUT2D eigenvalue weighted by Gasteiger charge is 2.22. The third kappa shape index (κ3) is 3.14. The lowest BCUT2D eigenvalue weighted by molar-refractivity contribution is 0.245. The Hall–Kier alpha value is -1.09. The van der Waals surface area contributed by atoms with Gasteiger partial charge in [-0.2, -0.15) is 0 Å². The van der Waals surface area contributed by atoms with Crippen LogP contribution in [0.2, 0.25) is 5.02 Å². The second-order valence-electron chi connectivity index (χ2n) is 3.74. The molecular weight excluding hydrogens is 377 g/mol. The van der Waals surface area contributed by atoms with E-state index in [0.29, 0.717) is 0 Å². The van der Waals surface area contributed by atoms with E-state index in [9.17, 15) is 12.8 Å². The molecule has 108 valence electrons. The van der Waals surface area contributed by atoms with Gasteiger partial charge in [-0.1, -0.05) is 11.6 Å². The zero-order chi connectivity index (χ0) is 14.9.